The lowest BCUT2D eigenvalue weighted by Gasteiger charge is -2.36. The maximum Gasteiger partial charge on any atom is 0.248 e. The molecule has 0 aliphatic carbocycles. The minimum absolute atomic E-state index is 0.202. The van der Waals surface area contributed by atoms with E-state index in [1.54, 1.807) is 11.8 Å². The number of nitrogens with zero attached hydrogens (tertiary/aromatic N) is 3. The Bertz CT molecular complexity index is 1760. The van der Waals surface area contributed by atoms with Crippen molar-refractivity contribution in [3.63, 3.8) is 0 Å². The molecule has 4 aromatic carbocycles. The quantitative estimate of drug-likeness (QED) is 0.223. The van der Waals surface area contributed by atoms with E-state index in [1.807, 2.05) is 48.8 Å². The predicted molar refractivity (Wildman–Crippen MR) is 164 cm³/mol. The zero-order chi connectivity index (χ0) is 27.8. The SMILES string of the molecule is NC(=O)c1ccc2c(c1)SC(c1ccnc3c1cnn3C(c1ccccc1)(c1ccccc1)c1ccccc1)CC2. The summed E-state index contributed by atoms with van der Waals surface area (Å²) in [4.78, 5) is 17.9. The highest BCUT2D eigenvalue weighted by Gasteiger charge is 2.41. The van der Waals surface area contributed by atoms with Crippen LogP contribution in [0.25, 0.3) is 11.0 Å². The highest BCUT2D eigenvalue weighted by Crippen LogP contribution is 2.48. The molecule has 0 saturated carbocycles. The van der Waals surface area contributed by atoms with Gasteiger partial charge in [0.1, 0.15) is 5.54 Å². The molecule has 41 heavy (non-hydrogen) atoms. The average Bonchev–Trinajstić information content (AvgIpc) is 3.47. The Balaban J connectivity index is 1.43. The summed E-state index contributed by atoms with van der Waals surface area (Å²) < 4.78 is 2.10. The van der Waals surface area contributed by atoms with Crippen molar-refractivity contribution in [2.24, 2.45) is 5.73 Å². The maximum absolute atomic E-state index is 11.9. The van der Waals surface area contributed by atoms with Crippen molar-refractivity contribution >= 4 is 28.7 Å². The maximum atomic E-state index is 11.9. The molecule has 0 spiro atoms. The Kier molecular flexibility index (Phi) is 6.40. The molecule has 2 aromatic heterocycles. The smallest absolute Gasteiger partial charge is 0.248 e. The van der Waals surface area contributed by atoms with Crippen molar-refractivity contribution in [2.45, 2.75) is 28.5 Å². The number of aryl methyl sites for hydroxylation is 1. The van der Waals surface area contributed by atoms with E-state index in [0.29, 0.717) is 5.56 Å². The number of nitrogens with two attached hydrogens (primary N) is 1. The van der Waals surface area contributed by atoms with Crippen LogP contribution in [0.1, 0.15) is 49.8 Å². The molecule has 1 amide bonds. The molecule has 5 nitrogen and oxygen atoms in total. The number of primary amides is 1. The zero-order valence-electron chi connectivity index (χ0n) is 22.4. The number of aromatic nitrogens is 3. The highest BCUT2D eigenvalue weighted by molar-refractivity contribution is 7.99. The van der Waals surface area contributed by atoms with E-state index in [-0.39, 0.29) is 5.25 Å². The second-order valence-corrected chi connectivity index (χ2v) is 11.6. The predicted octanol–water partition coefficient (Wildman–Crippen LogP) is 7.15. The molecular weight excluding hydrogens is 524 g/mol. The second kappa shape index (κ2) is 10.4. The first-order valence-electron chi connectivity index (χ1n) is 13.8. The van der Waals surface area contributed by atoms with E-state index in [2.05, 4.69) is 83.5 Å². The molecule has 2 N–H and O–H groups in total. The molecule has 7 rings (SSSR count). The number of benzene rings is 4. The van der Waals surface area contributed by atoms with Crippen molar-refractivity contribution in [3.05, 3.63) is 161 Å². The first kappa shape index (κ1) is 25.3. The van der Waals surface area contributed by atoms with Gasteiger partial charge in [-0.1, -0.05) is 97.1 Å². The molecule has 6 aromatic rings. The van der Waals surface area contributed by atoms with E-state index in [9.17, 15) is 4.79 Å². The number of rotatable bonds is 6. The number of pyridine rings is 1. The number of thioether (sulfide) groups is 1. The Hall–Kier alpha value is -4.68. The van der Waals surface area contributed by atoms with Crippen molar-refractivity contribution in [1.82, 2.24) is 14.8 Å². The summed E-state index contributed by atoms with van der Waals surface area (Å²) in [7, 11) is 0. The summed E-state index contributed by atoms with van der Waals surface area (Å²) >= 11 is 1.79. The molecule has 1 aliphatic heterocycles. The molecule has 3 heterocycles. The van der Waals surface area contributed by atoms with E-state index >= 15 is 0 Å². The topological polar surface area (TPSA) is 73.8 Å². The van der Waals surface area contributed by atoms with Crippen molar-refractivity contribution in [2.75, 3.05) is 0 Å². The molecule has 0 bridgehead atoms. The lowest BCUT2D eigenvalue weighted by atomic mass is 9.77. The summed E-state index contributed by atoms with van der Waals surface area (Å²) in [6.45, 7) is 0. The van der Waals surface area contributed by atoms with Gasteiger partial charge in [-0.05, 0) is 58.9 Å². The van der Waals surface area contributed by atoms with Crippen molar-refractivity contribution in [3.8, 4) is 0 Å². The Morgan fingerprint density at radius 1 is 0.829 bits per heavy atom. The van der Waals surface area contributed by atoms with E-state index < -0.39 is 11.4 Å². The summed E-state index contributed by atoms with van der Waals surface area (Å²) in [5, 5.41) is 6.35. The standard InChI is InChI=1S/C35H28N4OS/c36-33(40)25-17-16-24-18-19-31(41-32(24)22-25)29-20-21-37-34-30(29)23-38-39(34)35(26-10-4-1-5-11-26,27-12-6-2-7-13-27)28-14-8-3-9-15-28/h1-17,20-23,31H,18-19H2,(H2,36,40). The highest BCUT2D eigenvalue weighted by atomic mass is 32.2. The first-order chi connectivity index (χ1) is 20.2. The molecule has 1 unspecified atom stereocenters. The molecule has 200 valence electrons. The van der Waals surface area contributed by atoms with E-state index in [1.165, 1.54) is 11.1 Å². The van der Waals surface area contributed by atoms with Crippen LogP contribution in [0, 0.1) is 0 Å². The number of carbonyl (C=O) groups excluding carboxylic acids is 1. The van der Waals surface area contributed by atoms with Crippen LogP contribution in [0.2, 0.25) is 0 Å². The van der Waals surface area contributed by atoms with Gasteiger partial charge >= 0.3 is 0 Å². The summed E-state index contributed by atoms with van der Waals surface area (Å²) in [6, 6.07) is 39.5. The Morgan fingerprint density at radius 2 is 1.44 bits per heavy atom. The lowest BCUT2D eigenvalue weighted by molar-refractivity contribution is 0.1000. The third-order valence-electron chi connectivity index (χ3n) is 8.04. The summed E-state index contributed by atoms with van der Waals surface area (Å²) in [6.07, 6.45) is 5.79. The molecule has 0 radical (unpaired) electrons. The van der Waals surface area contributed by atoms with Gasteiger partial charge in [-0.3, -0.25) is 4.79 Å². The van der Waals surface area contributed by atoms with E-state index in [0.717, 1.165) is 45.5 Å². The van der Waals surface area contributed by atoms with Gasteiger partial charge in [0, 0.05) is 27.3 Å². The van der Waals surface area contributed by atoms with Gasteiger partial charge < -0.3 is 5.73 Å². The fraction of sp³-hybridized carbons (Fsp3) is 0.114. The lowest BCUT2D eigenvalue weighted by Crippen LogP contribution is -2.38. The molecule has 1 atom stereocenters. The molecular formula is C35H28N4OS. The van der Waals surface area contributed by atoms with Crippen molar-refractivity contribution in [1.29, 1.82) is 0 Å². The average molecular weight is 553 g/mol. The van der Waals surface area contributed by atoms with Crippen LogP contribution in [0.5, 0.6) is 0 Å². The Morgan fingerprint density at radius 3 is 2.02 bits per heavy atom. The summed E-state index contributed by atoms with van der Waals surface area (Å²) in [5.41, 5.74) is 12.0. The number of amides is 1. The van der Waals surface area contributed by atoms with Crippen LogP contribution in [0.4, 0.5) is 0 Å². The first-order valence-corrected chi connectivity index (χ1v) is 14.6. The van der Waals surface area contributed by atoms with Gasteiger partial charge in [0.2, 0.25) is 5.91 Å². The van der Waals surface area contributed by atoms with Crippen LogP contribution < -0.4 is 5.73 Å². The van der Waals surface area contributed by atoms with Crippen LogP contribution >= 0.6 is 11.8 Å². The van der Waals surface area contributed by atoms with E-state index in [4.69, 9.17) is 15.8 Å². The minimum Gasteiger partial charge on any atom is -0.366 e. The number of hydrogen-bond donors (Lipinski definition) is 1. The molecule has 1 aliphatic rings. The largest absolute Gasteiger partial charge is 0.366 e. The van der Waals surface area contributed by atoms with Crippen LogP contribution in [-0.4, -0.2) is 20.7 Å². The molecule has 6 heteroatoms. The van der Waals surface area contributed by atoms with Crippen LogP contribution in [0.15, 0.2) is 133 Å². The minimum atomic E-state index is -0.736. The fourth-order valence-electron chi connectivity index (χ4n) is 6.12. The van der Waals surface area contributed by atoms with Crippen LogP contribution in [-0.2, 0) is 12.0 Å². The van der Waals surface area contributed by atoms with Crippen molar-refractivity contribution < 1.29 is 4.79 Å². The van der Waals surface area contributed by atoms with Gasteiger partial charge in [0.25, 0.3) is 0 Å². The number of hydrogen-bond acceptors (Lipinski definition) is 4. The van der Waals surface area contributed by atoms with Gasteiger partial charge in [0.05, 0.1) is 6.20 Å². The Labute approximate surface area is 243 Å². The molecule has 0 saturated heterocycles. The molecule has 0 fully saturated rings. The van der Waals surface area contributed by atoms with Gasteiger partial charge in [-0.2, -0.15) is 5.10 Å². The third-order valence-corrected chi connectivity index (χ3v) is 9.45. The third kappa shape index (κ3) is 4.23. The van der Waals surface area contributed by atoms with Gasteiger partial charge in [-0.25, -0.2) is 9.67 Å². The number of fused-ring (bicyclic) bond motifs is 2. The van der Waals surface area contributed by atoms with Gasteiger partial charge in [0.15, 0.2) is 5.65 Å². The zero-order valence-corrected chi connectivity index (χ0v) is 23.2. The monoisotopic (exact) mass is 552 g/mol. The fourth-order valence-corrected chi connectivity index (χ4v) is 7.51. The normalized spacial score (nSPS) is 15.0. The summed E-state index contributed by atoms with van der Waals surface area (Å²) in [5.74, 6) is -0.401. The second-order valence-electron chi connectivity index (χ2n) is 10.3. The van der Waals surface area contributed by atoms with Crippen LogP contribution in [0.3, 0.4) is 0 Å². The van der Waals surface area contributed by atoms with Gasteiger partial charge in [-0.15, -0.1) is 11.8 Å². The number of carbonyl (C=O) groups is 1.